The minimum absolute atomic E-state index is 0.0273. The number of rotatable bonds is 16. The lowest BCUT2D eigenvalue weighted by molar-refractivity contribution is -0.114. The van der Waals surface area contributed by atoms with E-state index in [-0.39, 0.29) is 26.6 Å². The molecule has 0 aromatic carbocycles. The van der Waals surface area contributed by atoms with E-state index in [1.165, 1.54) is 0 Å². The Balaban J connectivity index is 6.33. The highest BCUT2D eigenvalue weighted by Crippen LogP contribution is 2.39. The average molecular weight is 506 g/mol. The zero-order chi connectivity index (χ0) is 24.5. The van der Waals surface area contributed by atoms with Gasteiger partial charge in [-0.1, -0.05) is 94.6 Å². The van der Waals surface area contributed by atoms with Crippen molar-refractivity contribution >= 4 is 44.0 Å². The molecule has 0 spiro atoms. The van der Waals surface area contributed by atoms with Crippen molar-refractivity contribution in [1.82, 2.24) is 0 Å². The molecule has 0 rings (SSSR count). The van der Waals surface area contributed by atoms with Gasteiger partial charge < -0.3 is 18.1 Å². The zero-order valence-electron chi connectivity index (χ0n) is 22.3. The third kappa shape index (κ3) is 11.1. The number of hydrogen-bond donors (Lipinski definition) is 1. The van der Waals surface area contributed by atoms with Crippen LogP contribution in [0.4, 0.5) is 0 Å². The number of nitrogens with two attached hydrogens (primary N) is 1. The third-order valence-electron chi connectivity index (χ3n) is 6.60. The summed E-state index contributed by atoms with van der Waals surface area (Å²) in [6, 6.07) is 0. The number of allylic oxidation sites excluding steroid dienone is 1. The topological polar surface area (TPSA) is 70.8 Å². The van der Waals surface area contributed by atoms with E-state index in [9.17, 15) is 4.79 Å². The first-order valence-electron chi connectivity index (χ1n) is 12.0. The lowest BCUT2D eigenvalue weighted by Crippen LogP contribution is -2.54. The van der Waals surface area contributed by atoms with Gasteiger partial charge in [-0.3, -0.25) is 4.79 Å². The van der Waals surface area contributed by atoms with E-state index in [1.54, 1.807) is 6.92 Å². The molecule has 0 aliphatic rings. The van der Waals surface area contributed by atoms with E-state index in [0.29, 0.717) is 5.57 Å². The fraction of sp³-hybridized carbons (Fsp3) is 0.864. The van der Waals surface area contributed by atoms with Gasteiger partial charge in [0, 0.05) is 11.1 Å². The second kappa shape index (κ2) is 13.0. The van der Waals surface area contributed by atoms with Crippen LogP contribution in [0.25, 0.3) is 0 Å². The van der Waals surface area contributed by atoms with Crippen LogP contribution in [-0.4, -0.2) is 44.0 Å². The maximum Gasteiger partial charge on any atom is 0.475 e. The van der Waals surface area contributed by atoms with Crippen LogP contribution in [0.2, 0.25) is 20.7 Å². The number of carbonyl (C=O) groups is 1. The van der Waals surface area contributed by atoms with Crippen molar-refractivity contribution in [2.45, 2.75) is 123 Å². The Morgan fingerprint density at radius 3 is 1.39 bits per heavy atom. The first-order chi connectivity index (χ1) is 14.1. The highest BCUT2D eigenvalue weighted by atomic mass is 28.5. The van der Waals surface area contributed by atoms with E-state index < -0.39 is 38.1 Å². The highest BCUT2D eigenvalue weighted by Gasteiger charge is 2.49. The summed E-state index contributed by atoms with van der Waals surface area (Å²) in [6.07, 6.45) is 6.04. The van der Waals surface area contributed by atoms with Crippen molar-refractivity contribution in [3.63, 3.8) is 0 Å². The fourth-order valence-corrected chi connectivity index (χ4v) is 17.0. The predicted molar refractivity (Wildman–Crippen MR) is 145 cm³/mol. The molecule has 0 radical (unpaired) electrons. The molecule has 184 valence electrons. The van der Waals surface area contributed by atoms with Gasteiger partial charge in [0.1, 0.15) is 0 Å². The predicted octanol–water partition coefficient (Wildman–Crippen LogP) is 4.26. The largest absolute Gasteiger partial charge is 0.475 e. The van der Waals surface area contributed by atoms with Crippen LogP contribution in [0.15, 0.2) is 11.6 Å². The molecule has 2 N–H and O–H groups in total. The van der Waals surface area contributed by atoms with Crippen molar-refractivity contribution in [1.29, 1.82) is 0 Å². The number of carbonyl (C=O) groups excluding carboxylic acids is 1. The summed E-state index contributed by atoms with van der Waals surface area (Å²) in [5.41, 5.74) is 6.13. The van der Waals surface area contributed by atoms with Gasteiger partial charge in [-0.15, -0.1) is 0 Å². The second-order valence-corrected chi connectivity index (χ2v) is 23.3. The minimum atomic E-state index is -3.01. The van der Waals surface area contributed by atoms with Gasteiger partial charge in [0.05, 0.1) is 0 Å². The van der Waals surface area contributed by atoms with Crippen LogP contribution in [0.1, 0.15) is 102 Å². The van der Waals surface area contributed by atoms with Crippen molar-refractivity contribution in [3.8, 4) is 0 Å². The van der Waals surface area contributed by atoms with Crippen molar-refractivity contribution in [2.24, 2.45) is 5.73 Å². The molecule has 0 saturated carbocycles. The van der Waals surface area contributed by atoms with Gasteiger partial charge in [-0.2, -0.15) is 0 Å². The van der Waals surface area contributed by atoms with Crippen molar-refractivity contribution in [2.75, 3.05) is 0 Å². The number of hydrogen-bond acceptors (Lipinski definition) is 4. The molecule has 1 unspecified atom stereocenters. The third-order valence-corrected chi connectivity index (χ3v) is 18.5. The van der Waals surface area contributed by atoms with Gasteiger partial charge >= 0.3 is 8.80 Å². The van der Waals surface area contributed by atoms with E-state index in [2.05, 4.69) is 69.2 Å². The maximum absolute atomic E-state index is 11.8. The highest BCUT2D eigenvalue weighted by molar-refractivity contribution is 6.76. The van der Waals surface area contributed by atoms with Gasteiger partial charge in [0.15, 0.2) is 29.3 Å². The molecule has 0 heterocycles. The lowest BCUT2D eigenvalue weighted by atomic mass is 10.1. The van der Waals surface area contributed by atoms with Crippen molar-refractivity contribution < 1.29 is 17.1 Å². The van der Waals surface area contributed by atoms with E-state index >= 15 is 0 Å². The Labute approximate surface area is 200 Å². The fourth-order valence-electron chi connectivity index (χ4n) is 2.49. The quantitative estimate of drug-likeness (QED) is 0.251. The Kier molecular flexibility index (Phi) is 13.0. The van der Waals surface area contributed by atoms with Gasteiger partial charge in [-0.25, -0.2) is 0 Å². The molecule has 31 heavy (non-hydrogen) atoms. The summed E-state index contributed by atoms with van der Waals surface area (Å²) in [7, 11) is -5.71. The standard InChI is InChI=1S/C22H51NO4Si4/c1-12-18(16-17(5)19(23)24)31(25-28-20(6,7)13-2,26-29-21(8,9)14-3)27-30-22(10,11)15-4/h16,18H,12-15,28-30H2,1-11H3,(H2,23,24). The molecule has 0 aliphatic heterocycles. The summed E-state index contributed by atoms with van der Waals surface area (Å²) < 4.78 is 20.7. The van der Waals surface area contributed by atoms with Gasteiger partial charge in [-0.05, 0) is 28.5 Å². The smallest absolute Gasteiger partial charge is 0.421 e. The summed E-state index contributed by atoms with van der Waals surface area (Å²) in [4.78, 5) is 11.8. The van der Waals surface area contributed by atoms with Crippen LogP contribution >= 0.6 is 0 Å². The molecule has 0 aromatic rings. The first kappa shape index (κ1) is 31.0. The molecule has 0 saturated heterocycles. The number of amides is 1. The molecule has 0 bridgehead atoms. The van der Waals surface area contributed by atoms with Gasteiger partial charge in [0.2, 0.25) is 5.91 Å². The summed E-state index contributed by atoms with van der Waals surface area (Å²) in [5.74, 6) is -0.384. The molecule has 0 aliphatic carbocycles. The minimum Gasteiger partial charge on any atom is -0.421 e. The van der Waals surface area contributed by atoms with Gasteiger partial charge in [0.25, 0.3) is 0 Å². The van der Waals surface area contributed by atoms with Crippen LogP contribution in [0, 0.1) is 0 Å². The van der Waals surface area contributed by atoms with E-state index in [4.69, 9.17) is 18.1 Å². The normalized spacial score (nSPS) is 18.0. The van der Waals surface area contributed by atoms with Crippen molar-refractivity contribution in [3.05, 3.63) is 11.6 Å². The molecular formula is C22H51NO4Si4. The summed E-state index contributed by atoms with van der Waals surface area (Å²) in [5, 5.41) is 0.528. The van der Waals surface area contributed by atoms with Crippen LogP contribution in [0.5, 0.6) is 0 Å². The Morgan fingerprint density at radius 2 is 1.16 bits per heavy atom. The molecule has 1 amide bonds. The molecule has 0 fully saturated rings. The SMILES string of the molecule is CCC(C=C(C)C(N)=O)[Si](O[SiH2]C(C)(C)CC)(O[SiH2]C(C)(C)CC)O[SiH2]C(C)(C)CC. The molecule has 5 nitrogen and oxygen atoms in total. The average Bonchev–Trinajstić information content (AvgIpc) is 2.71. The van der Waals surface area contributed by atoms with Crippen LogP contribution in [0.3, 0.4) is 0 Å². The maximum atomic E-state index is 11.8. The Hall–Kier alpha value is -0.0425. The zero-order valence-corrected chi connectivity index (χ0v) is 27.6. The van der Waals surface area contributed by atoms with Crippen LogP contribution in [-0.2, 0) is 17.1 Å². The lowest BCUT2D eigenvalue weighted by Gasteiger charge is -2.41. The molecule has 0 aromatic heterocycles. The molecule has 9 heteroatoms. The van der Waals surface area contributed by atoms with E-state index in [1.807, 2.05) is 6.08 Å². The molecule has 1 atom stereocenters. The summed E-state index contributed by atoms with van der Waals surface area (Å²) >= 11 is 0. The monoisotopic (exact) mass is 505 g/mol. The van der Waals surface area contributed by atoms with E-state index in [0.717, 1.165) is 25.7 Å². The second-order valence-electron chi connectivity index (χ2n) is 11.3. The Bertz CT molecular complexity index is 544. The summed E-state index contributed by atoms with van der Waals surface area (Å²) in [6.45, 7) is 24.3. The Morgan fingerprint density at radius 1 is 0.839 bits per heavy atom. The first-order valence-corrected chi connectivity index (χ1v) is 17.6. The molecular weight excluding hydrogens is 455 g/mol. The van der Waals surface area contributed by atoms with Crippen LogP contribution < -0.4 is 5.73 Å². The number of primary amides is 1.